The zero-order chi connectivity index (χ0) is 18.8. The number of ether oxygens (including phenoxy) is 2. The highest BCUT2D eigenvalue weighted by molar-refractivity contribution is 14.0. The van der Waals surface area contributed by atoms with Crippen LogP contribution in [0.25, 0.3) is 0 Å². The van der Waals surface area contributed by atoms with Gasteiger partial charge >= 0.3 is 0 Å². The summed E-state index contributed by atoms with van der Waals surface area (Å²) in [6.45, 7) is 1.37. The van der Waals surface area contributed by atoms with E-state index in [1.54, 1.807) is 14.2 Å². The fourth-order valence-corrected chi connectivity index (χ4v) is 2.54. The Morgan fingerprint density at radius 2 is 1.59 bits per heavy atom. The van der Waals surface area contributed by atoms with Gasteiger partial charge in [0.15, 0.2) is 17.5 Å². The topological polar surface area (TPSA) is 89.1 Å². The Balaban J connectivity index is 0.00000364. The summed E-state index contributed by atoms with van der Waals surface area (Å²) in [5, 5.41) is 12.2. The Morgan fingerprint density at radius 1 is 0.963 bits per heavy atom. The molecule has 2 aromatic rings. The van der Waals surface area contributed by atoms with Crippen LogP contribution in [0.3, 0.4) is 0 Å². The van der Waals surface area contributed by atoms with Gasteiger partial charge in [-0.05, 0) is 41.7 Å². The maximum Gasteiger partial charge on any atom is 0.188 e. The predicted octanol–water partition coefficient (Wildman–Crippen LogP) is 2.50. The molecule has 0 aromatic heterocycles. The van der Waals surface area contributed by atoms with Gasteiger partial charge in [-0.3, -0.25) is 4.99 Å². The van der Waals surface area contributed by atoms with Crippen LogP contribution < -0.4 is 20.5 Å². The van der Waals surface area contributed by atoms with Crippen LogP contribution in [0.1, 0.15) is 16.7 Å². The molecular formula is C20H28IN3O3. The zero-order valence-corrected chi connectivity index (χ0v) is 18.1. The first-order chi connectivity index (χ1) is 12.7. The monoisotopic (exact) mass is 485 g/mol. The molecule has 2 aromatic carbocycles. The lowest BCUT2D eigenvalue weighted by Crippen LogP contribution is -2.33. The molecule has 0 spiro atoms. The molecular weight excluding hydrogens is 457 g/mol. The molecule has 0 amide bonds. The SMILES string of the molecule is COc1ccc(CCNC(N)=NCCc2ccc(CO)cc2)cc1OC.I. The zero-order valence-electron chi connectivity index (χ0n) is 15.8. The molecule has 0 bridgehead atoms. The number of nitrogens with zero attached hydrogens (tertiary/aromatic N) is 1. The molecule has 0 aliphatic carbocycles. The van der Waals surface area contributed by atoms with Gasteiger partial charge in [-0.15, -0.1) is 24.0 Å². The van der Waals surface area contributed by atoms with Gasteiger partial charge in [-0.25, -0.2) is 0 Å². The quantitative estimate of drug-likeness (QED) is 0.289. The predicted molar refractivity (Wildman–Crippen MR) is 119 cm³/mol. The average molecular weight is 485 g/mol. The van der Waals surface area contributed by atoms with Crippen LogP contribution >= 0.6 is 24.0 Å². The van der Waals surface area contributed by atoms with Gasteiger partial charge in [0, 0.05) is 13.1 Å². The lowest BCUT2D eigenvalue weighted by atomic mass is 10.1. The Bertz CT molecular complexity index is 721. The highest BCUT2D eigenvalue weighted by atomic mass is 127. The van der Waals surface area contributed by atoms with Crippen LogP contribution in [0.5, 0.6) is 11.5 Å². The van der Waals surface area contributed by atoms with Gasteiger partial charge in [0.25, 0.3) is 0 Å². The lowest BCUT2D eigenvalue weighted by molar-refractivity contribution is 0.282. The molecule has 0 saturated heterocycles. The van der Waals surface area contributed by atoms with E-state index < -0.39 is 0 Å². The summed E-state index contributed by atoms with van der Waals surface area (Å²) in [4.78, 5) is 4.34. The third-order valence-corrected chi connectivity index (χ3v) is 4.06. The summed E-state index contributed by atoms with van der Waals surface area (Å²) in [5.41, 5.74) is 9.12. The van der Waals surface area contributed by atoms with Gasteiger partial charge in [0.2, 0.25) is 0 Å². The standard InChI is InChI=1S/C20H27N3O3.HI/c1-25-18-8-7-16(13-19(18)26-2)10-12-23-20(21)22-11-9-15-3-5-17(14-24)6-4-15;/h3-8,13,24H,9-12,14H2,1-2H3,(H3,21,22,23);1H. The molecule has 0 fully saturated rings. The average Bonchev–Trinajstić information content (AvgIpc) is 2.68. The summed E-state index contributed by atoms with van der Waals surface area (Å²) in [7, 11) is 3.25. The molecule has 0 aliphatic heterocycles. The van der Waals surface area contributed by atoms with Crippen molar-refractivity contribution >= 4 is 29.9 Å². The smallest absolute Gasteiger partial charge is 0.188 e. The third kappa shape index (κ3) is 7.64. The van der Waals surface area contributed by atoms with E-state index in [0.717, 1.165) is 35.5 Å². The van der Waals surface area contributed by atoms with Crippen molar-refractivity contribution < 1.29 is 14.6 Å². The van der Waals surface area contributed by atoms with Crippen LogP contribution in [0.15, 0.2) is 47.5 Å². The molecule has 27 heavy (non-hydrogen) atoms. The molecule has 6 nitrogen and oxygen atoms in total. The minimum atomic E-state index is 0. The summed E-state index contributed by atoms with van der Waals surface area (Å²) in [5.74, 6) is 1.88. The van der Waals surface area contributed by atoms with Crippen LogP contribution in [0.4, 0.5) is 0 Å². The molecule has 4 N–H and O–H groups in total. The van der Waals surface area contributed by atoms with Gasteiger partial charge < -0.3 is 25.6 Å². The first kappa shape index (κ1) is 23.0. The lowest BCUT2D eigenvalue weighted by Gasteiger charge is -2.10. The number of halogens is 1. The van der Waals surface area contributed by atoms with Crippen molar-refractivity contribution in [1.29, 1.82) is 0 Å². The number of hydrogen-bond donors (Lipinski definition) is 3. The molecule has 2 rings (SSSR count). The van der Waals surface area contributed by atoms with Crippen molar-refractivity contribution in [2.45, 2.75) is 19.4 Å². The minimum Gasteiger partial charge on any atom is -0.493 e. The van der Waals surface area contributed by atoms with Crippen LogP contribution in [0.2, 0.25) is 0 Å². The maximum absolute atomic E-state index is 9.04. The number of hydrogen-bond acceptors (Lipinski definition) is 4. The number of rotatable bonds is 9. The number of aliphatic hydroxyl groups excluding tert-OH is 1. The van der Waals surface area contributed by atoms with Crippen molar-refractivity contribution in [2.24, 2.45) is 10.7 Å². The van der Waals surface area contributed by atoms with E-state index in [1.165, 1.54) is 5.56 Å². The number of nitrogens with one attached hydrogen (secondary N) is 1. The minimum absolute atomic E-state index is 0. The van der Waals surface area contributed by atoms with E-state index in [4.69, 9.17) is 20.3 Å². The normalized spacial score (nSPS) is 10.9. The van der Waals surface area contributed by atoms with Crippen molar-refractivity contribution in [3.8, 4) is 11.5 Å². The Kier molecular flexibility index (Phi) is 10.6. The van der Waals surface area contributed by atoms with Gasteiger partial charge in [-0.1, -0.05) is 30.3 Å². The highest BCUT2D eigenvalue weighted by Crippen LogP contribution is 2.27. The number of benzene rings is 2. The Hall–Kier alpha value is -2.00. The van der Waals surface area contributed by atoms with Crippen molar-refractivity contribution in [3.63, 3.8) is 0 Å². The molecule has 0 radical (unpaired) electrons. The van der Waals surface area contributed by atoms with Gasteiger partial charge in [0.1, 0.15) is 0 Å². The van der Waals surface area contributed by atoms with Gasteiger partial charge in [-0.2, -0.15) is 0 Å². The van der Waals surface area contributed by atoms with E-state index in [9.17, 15) is 0 Å². The van der Waals surface area contributed by atoms with E-state index in [1.807, 2.05) is 42.5 Å². The second-order valence-corrected chi connectivity index (χ2v) is 5.86. The molecule has 0 saturated carbocycles. The fraction of sp³-hybridized carbons (Fsp3) is 0.350. The molecule has 0 unspecified atom stereocenters. The summed E-state index contributed by atoms with van der Waals surface area (Å²) in [6.07, 6.45) is 1.61. The number of methoxy groups -OCH3 is 2. The summed E-state index contributed by atoms with van der Waals surface area (Å²) in [6, 6.07) is 13.7. The highest BCUT2D eigenvalue weighted by Gasteiger charge is 2.04. The number of guanidine groups is 1. The molecule has 7 heteroatoms. The van der Waals surface area contributed by atoms with E-state index in [2.05, 4.69) is 10.3 Å². The van der Waals surface area contributed by atoms with Crippen molar-refractivity contribution in [2.75, 3.05) is 27.3 Å². The summed E-state index contributed by atoms with van der Waals surface area (Å²) >= 11 is 0. The third-order valence-electron chi connectivity index (χ3n) is 4.06. The largest absolute Gasteiger partial charge is 0.493 e. The van der Waals surface area contributed by atoms with Crippen molar-refractivity contribution in [1.82, 2.24) is 5.32 Å². The first-order valence-corrected chi connectivity index (χ1v) is 8.59. The second kappa shape index (κ2) is 12.4. The fourth-order valence-electron chi connectivity index (χ4n) is 2.54. The number of aliphatic hydroxyl groups is 1. The molecule has 0 aliphatic rings. The van der Waals surface area contributed by atoms with Crippen LogP contribution in [-0.2, 0) is 19.4 Å². The Labute approximate surface area is 177 Å². The van der Waals surface area contributed by atoms with E-state index in [-0.39, 0.29) is 30.6 Å². The maximum atomic E-state index is 9.04. The molecule has 0 heterocycles. The molecule has 148 valence electrons. The second-order valence-electron chi connectivity index (χ2n) is 5.86. The Morgan fingerprint density at radius 3 is 2.22 bits per heavy atom. The first-order valence-electron chi connectivity index (χ1n) is 8.59. The number of aliphatic imine (C=N–C) groups is 1. The molecule has 0 atom stereocenters. The summed E-state index contributed by atoms with van der Waals surface area (Å²) < 4.78 is 10.5. The van der Waals surface area contributed by atoms with Gasteiger partial charge in [0.05, 0.1) is 20.8 Å². The van der Waals surface area contributed by atoms with Crippen LogP contribution in [0, 0.1) is 0 Å². The van der Waals surface area contributed by atoms with E-state index >= 15 is 0 Å². The van der Waals surface area contributed by atoms with Crippen LogP contribution in [-0.4, -0.2) is 38.4 Å². The van der Waals surface area contributed by atoms with E-state index in [0.29, 0.717) is 19.0 Å². The number of nitrogens with two attached hydrogens (primary N) is 1. The van der Waals surface area contributed by atoms with Crippen molar-refractivity contribution in [3.05, 3.63) is 59.2 Å².